The molecule has 1 saturated carbocycles. The number of aromatic nitrogens is 2. The lowest BCUT2D eigenvalue weighted by molar-refractivity contribution is 0.0944. The maximum absolute atomic E-state index is 12.8. The summed E-state index contributed by atoms with van der Waals surface area (Å²) >= 11 is 0. The predicted octanol–water partition coefficient (Wildman–Crippen LogP) is 4.13. The van der Waals surface area contributed by atoms with Crippen molar-refractivity contribution < 1.29 is 4.79 Å². The Bertz CT molecular complexity index is 781. The van der Waals surface area contributed by atoms with Gasteiger partial charge in [-0.15, -0.1) is 0 Å². The minimum absolute atomic E-state index is 0.0189. The standard InChI is InChI=1S/C23H32N4O/c1-18-9-5-7-15-26(18)16-8-6-14-24-23(28)22-17-21(19-12-13-19)25-27(22)20-10-3-2-4-11-20/h2-4,10-11,17-19H,5-9,12-16H2,1H3,(H,24,28)/t18-/m1/s1. The van der Waals surface area contributed by atoms with Crippen molar-refractivity contribution >= 4 is 5.91 Å². The number of rotatable bonds is 8. The van der Waals surface area contributed by atoms with Crippen LogP contribution >= 0.6 is 0 Å². The van der Waals surface area contributed by atoms with Crippen LogP contribution in [-0.2, 0) is 0 Å². The Balaban J connectivity index is 1.32. The van der Waals surface area contributed by atoms with E-state index in [4.69, 9.17) is 5.10 Å². The molecule has 2 aliphatic rings. The minimum Gasteiger partial charge on any atom is -0.351 e. The summed E-state index contributed by atoms with van der Waals surface area (Å²) in [5, 5.41) is 7.84. The molecule has 1 aliphatic carbocycles. The molecule has 1 aliphatic heterocycles. The molecule has 1 N–H and O–H groups in total. The van der Waals surface area contributed by atoms with Crippen molar-refractivity contribution in [1.82, 2.24) is 20.0 Å². The van der Waals surface area contributed by atoms with E-state index in [9.17, 15) is 4.79 Å². The molecule has 4 rings (SSSR count). The van der Waals surface area contributed by atoms with E-state index >= 15 is 0 Å². The minimum atomic E-state index is -0.0189. The number of para-hydroxylation sites is 1. The van der Waals surface area contributed by atoms with Crippen molar-refractivity contribution in [2.75, 3.05) is 19.6 Å². The van der Waals surface area contributed by atoms with E-state index < -0.39 is 0 Å². The number of hydrogen-bond donors (Lipinski definition) is 1. The van der Waals surface area contributed by atoms with Crippen molar-refractivity contribution in [3.05, 3.63) is 47.8 Å². The van der Waals surface area contributed by atoms with Gasteiger partial charge in [0.2, 0.25) is 0 Å². The first-order valence-electron chi connectivity index (χ1n) is 10.9. The van der Waals surface area contributed by atoms with Crippen LogP contribution in [0.4, 0.5) is 0 Å². The lowest BCUT2D eigenvalue weighted by Crippen LogP contribution is -2.38. The SMILES string of the molecule is C[C@@H]1CCCCN1CCCCNC(=O)c1cc(C2CC2)nn1-c1ccccc1. The number of amides is 1. The van der Waals surface area contributed by atoms with E-state index in [-0.39, 0.29) is 5.91 Å². The molecule has 0 radical (unpaired) electrons. The number of unbranched alkanes of at least 4 members (excludes halogenated alkanes) is 1. The Morgan fingerprint density at radius 2 is 1.96 bits per heavy atom. The van der Waals surface area contributed by atoms with Gasteiger partial charge in [-0.3, -0.25) is 4.79 Å². The molecule has 2 heterocycles. The quantitative estimate of drug-likeness (QED) is 0.701. The summed E-state index contributed by atoms with van der Waals surface area (Å²) < 4.78 is 1.80. The second-order valence-corrected chi connectivity index (χ2v) is 8.32. The van der Waals surface area contributed by atoms with Crippen molar-refractivity contribution in [1.29, 1.82) is 0 Å². The van der Waals surface area contributed by atoms with Crippen LogP contribution in [0.3, 0.4) is 0 Å². The van der Waals surface area contributed by atoms with Crippen LogP contribution in [0.15, 0.2) is 36.4 Å². The fourth-order valence-electron chi connectivity index (χ4n) is 4.13. The average Bonchev–Trinajstić information content (AvgIpc) is 3.48. The Kier molecular flexibility index (Phi) is 6.10. The van der Waals surface area contributed by atoms with Gasteiger partial charge in [-0.2, -0.15) is 5.10 Å². The lowest BCUT2D eigenvalue weighted by Gasteiger charge is -2.33. The zero-order valence-corrected chi connectivity index (χ0v) is 16.9. The molecule has 2 aromatic rings. The van der Waals surface area contributed by atoms with Crippen LogP contribution in [0.1, 0.15) is 74.0 Å². The molecule has 150 valence electrons. The van der Waals surface area contributed by atoms with Gasteiger partial charge in [0.15, 0.2) is 0 Å². The third kappa shape index (κ3) is 4.64. The zero-order valence-electron chi connectivity index (χ0n) is 16.9. The molecule has 1 atom stereocenters. The van der Waals surface area contributed by atoms with Crippen LogP contribution < -0.4 is 5.32 Å². The Morgan fingerprint density at radius 1 is 1.14 bits per heavy atom. The van der Waals surface area contributed by atoms with Crippen molar-refractivity contribution in [2.24, 2.45) is 0 Å². The number of carbonyl (C=O) groups is 1. The van der Waals surface area contributed by atoms with E-state index in [1.807, 2.05) is 36.4 Å². The van der Waals surface area contributed by atoms with Crippen LogP contribution in [0.5, 0.6) is 0 Å². The summed E-state index contributed by atoms with van der Waals surface area (Å²) in [6, 6.07) is 12.6. The highest BCUT2D eigenvalue weighted by atomic mass is 16.2. The molecule has 0 bridgehead atoms. The Morgan fingerprint density at radius 3 is 2.71 bits per heavy atom. The maximum atomic E-state index is 12.8. The predicted molar refractivity (Wildman–Crippen MR) is 112 cm³/mol. The third-order valence-corrected chi connectivity index (χ3v) is 6.06. The number of nitrogens with zero attached hydrogens (tertiary/aromatic N) is 3. The molecule has 1 amide bonds. The molecule has 1 saturated heterocycles. The van der Waals surface area contributed by atoms with Crippen molar-refractivity contribution in [3.63, 3.8) is 0 Å². The summed E-state index contributed by atoms with van der Waals surface area (Å²) in [6.07, 6.45) is 8.53. The van der Waals surface area contributed by atoms with Gasteiger partial charge in [-0.1, -0.05) is 24.6 Å². The van der Waals surface area contributed by atoms with E-state index in [1.165, 1.54) is 38.6 Å². The highest BCUT2D eigenvalue weighted by Gasteiger charge is 2.29. The number of hydrogen-bond acceptors (Lipinski definition) is 3. The summed E-state index contributed by atoms with van der Waals surface area (Å²) in [6.45, 7) is 5.43. The summed E-state index contributed by atoms with van der Waals surface area (Å²) in [4.78, 5) is 15.4. The van der Waals surface area contributed by atoms with Gasteiger partial charge in [-0.25, -0.2) is 4.68 Å². The summed E-state index contributed by atoms with van der Waals surface area (Å²) in [7, 11) is 0. The topological polar surface area (TPSA) is 50.2 Å². The van der Waals surface area contributed by atoms with Crippen molar-refractivity contribution in [3.8, 4) is 5.69 Å². The van der Waals surface area contributed by atoms with E-state index in [0.717, 1.165) is 37.3 Å². The Labute approximate surface area is 168 Å². The molecule has 2 fully saturated rings. The van der Waals surface area contributed by atoms with Crippen LogP contribution in [0.2, 0.25) is 0 Å². The number of likely N-dealkylation sites (tertiary alicyclic amines) is 1. The van der Waals surface area contributed by atoms with E-state index in [2.05, 4.69) is 17.1 Å². The molecule has 5 nitrogen and oxygen atoms in total. The Hall–Kier alpha value is -2.14. The van der Waals surface area contributed by atoms with Gasteiger partial charge in [0.1, 0.15) is 5.69 Å². The fraction of sp³-hybridized carbons (Fsp3) is 0.565. The fourth-order valence-corrected chi connectivity index (χ4v) is 4.13. The van der Waals surface area contributed by atoms with Gasteiger partial charge in [-0.05, 0) is 76.7 Å². The summed E-state index contributed by atoms with van der Waals surface area (Å²) in [5.41, 5.74) is 2.64. The molecular formula is C23H32N4O. The second kappa shape index (κ2) is 8.91. The number of piperidine rings is 1. The average molecular weight is 381 g/mol. The van der Waals surface area contributed by atoms with Gasteiger partial charge in [0.05, 0.1) is 11.4 Å². The lowest BCUT2D eigenvalue weighted by atomic mass is 10.0. The zero-order chi connectivity index (χ0) is 19.3. The van der Waals surface area contributed by atoms with E-state index in [0.29, 0.717) is 17.7 Å². The van der Waals surface area contributed by atoms with Crippen LogP contribution in [0.25, 0.3) is 5.69 Å². The van der Waals surface area contributed by atoms with Gasteiger partial charge in [0, 0.05) is 18.5 Å². The normalized spacial score (nSPS) is 20.2. The maximum Gasteiger partial charge on any atom is 0.270 e. The number of benzene rings is 1. The highest BCUT2D eigenvalue weighted by Crippen LogP contribution is 2.39. The molecule has 1 aromatic heterocycles. The third-order valence-electron chi connectivity index (χ3n) is 6.06. The monoisotopic (exact) mass is 380 g/mol. The highest BCUT2D eigenvalue weighted by molar-refractivity contribution is 5.93. The van der Waals surface area contributed by atoms with Gasteiger partial charge in [0.25, 0.3) is 5.91 Å². The second-order valence-electron chi connectivity index (χ2n) is 8.32. The smallest absolute Gasteiger partial charge is 0.270 e. The molecule has 0 spiro atoms. The molecule has 0 unspecified atom stereocenters. The van der Waals surface area contributed by atoms with E-state index in [1.54, 1.807) is 4.68 Å². The summed E-state index contributed by atoms with van der Waals surface area (Å²) in [5.74, 6) is 0.512. The molecule has 28 heavy (non-hydrogen) atoms. The van der Waals surface area contributed by atoms with Crippen molar-refractivity contribution in [2.45, 2.75) is 63.8 Å². The number of nitrogens with one attached hydrogen (secondary N) is 1. The van der Waals surface area contributed by atoms with Crippen LogP contribution in [-0.4, -0.2) is 46.3 Å². The van der Waals surface area contributed by atoms with Gasteiger partial charge >= 0.3 is 0 Å². The first-order chi connectivity index (χ1) is 13.7. The number of carbonyl (C=O) groups excluding carboxylic acids is 1. The largest absolute Gasteiger partial charge is 0.351 e. The molecular weight excluding hydrogens is 348 g/mol. The molecule has 1 aromatic carbocycles. The van der Waals surface area contributed by atoms with Crippen LogP contribution in [0, 0.1) is 0 Å². The first-order valence-corrected chi connectivity index (χ1v) is 10.9. The first kappa shape index (κ1) is 19.2. The van der Waals surface area contributed by atoms with Gasteiger partial charge < -0.3 is 10.2 Å². The molecule has 5 heteroatoms.